The van der Waals surface area contributed by atoms with E-state index >= 15 is 0 Å². The van der Waals surface area contributed by atoms with Gasteiger partial charge in [0.25, 0.3) is 0 Å². The van der Waals surface area contributed by atoms with Gasteiger partial charge in [-0.15, -0.1) is 0 Å². The molecule has 0 radical (unpaired) electrons. The molecule has 0 unspecified atom stereocenters. The summed E-state index contributed by atoms with van der Waals surface area (Å²) in [5.41, 5.74) is 1.41. The van der Waals surface area contributed by atoms with Crippen LogP contribution in [0.1, 0.15) is 30.7 Å². The zero-order chi connectivity index (χ0) is 10.5. The molecule has 1 aromatic carbocycles. The third-order valence-corrected chi connectivity index (χ3v) is 3.23. The van der Waals surface area contributed by atoms with Crippen molar-refractivity contribution in [3.8, 4) is 0 Å². The molecule has 1 aliphatic carbocycles. The fourth-order valence-electron chi connectivity index (χ4n) is 2.52. The maximum atomic E-state index is 10.3. The predicted octanol–water partition coefficient (Wildman–Crippen LogP) is 3.33. The van der Waals surface area contributed by atoms with E-state index in [2.05, 4.69) is 36.4 Å². The van der Waals surface area contributed by atoms with Gasteiger partial charge in [-0.05, 0) is 36.3 Å². The lowest BCUT2D eigenvalue weighted by molar-refractivity contribution is -0.104. The summed E-state index contributed by atoms with van der Waals surface area (Å²) in [7, 11) is 0. The first-order valence-electron chi connectivity index (χ1n) is 5.58. The zero-order valence-corrected chi connectivity index (χ0v) is 8.80. The summed E-state index contributed by atoms with van der Waals surface area (Å²) in [5.74, 6) is 1.17. The number of hydrogen-bond donors (Lipinski definition) is 0. The van der Waals surface area contributed by atoms with Gasteiger partial charge in [0.2, 0.25) is 0 Å². The Bertz CT molecular complexity index is 340. The van der Waals surface area contributed by atoms with Crippen molar-refractivity contribution in [1.82, 2.24) is 0 Å². The lowest BCUT2D eigenvalue weighted by atomic mass is 9.89. The number of carbonyl (C=O) groups is 1. The van der Waals surface area contributed by atoms with Crippen molar-refractivity contribution in [3.63, 3.8) is 0 Å². The fourth-order valence-corrected chi connectivity index (χ4v) is 2.52. The third kappa shape index (κ3) is 2.35. The lowest BCUT2D eigenvalue weighted by Gasteiger charge is -2.16. The molecule has 1 fully saturated rings. The Balaban J connectivity index is 2.14. The predicted molar refractivity (Wildman–Crippen MR) is 61.7 cm³/mol. The van der Waals surface area contributed by atoms with Crippen molar-refractivity contribution in [1.29, 1.82) is 0 Å². The van der Waals surface area contributed by atoms with Crippen LogP contribution in [-0.2, 0) is 4.79 Å². The summed E-state index contributed by atoms with van der Waals surface area (Å²) < 4.78 is 0. The topological polar surface area (TPSA) is 17.1 Å². The largest absolute Gasteiger partial charge is 0.299 e. The van der Waals surface area contributed by atoms with Gasteiger partial charge < -0.3 is 0 Å². The van der Waals surface area contributed by atoms with Crippen LogP contribution in [0, 0.1) is 5.92 Å². The standard InChI is InChI=1S/C14H16O/c15-11-5-9-13-8-4-10-14(13)12-6-2-1-3-7-12/h1-3,5-7,9,11,13-14H,4,8,10H2/b9-5-/t13-,14-/m0/s1. The van der Waals surface area contributed by atoms with E-state index in [0.717, 1.165) is 6.29 Å². The number of allylic oxidation sites excluding steroid dienone is 2. The molecule has 1 nitrogen and oxygen atoms in total. The lowest BCUT2D eigenvalue weighted by Crippen LogP contribution is -2.03. The number of aldehydes is 1. The molecule has 1 aromatic rings. The highest BCUT2D eigenvalue weighted by Gasteiger charge is 2.25. The Morgan fingerprint density at radius 2 is 1.93 bits per heavy atom. The van der Waals surface area contributed by atoms with Crippen LogP contribution in [0.4, 0.5) is 0 Å². The maximum Gasteiger partial charge on any atom is 0.142 e. The third-order valence-electron chi connectivity index (χ3n) is 3.23. The van der Waals surface area contributed by atoms with Gasteiger partial charge in [0, 0.05) is 0 Å². The molecule has 0 bridgehead atoms. The Morgan fingerprint density at radius 1 is 1.13 bits per heavy atom. The average Bonchev–Trinajstić information content (AvgIpc) is 2.75. The molecular formula is C14H16O. The minimum absolute atomic E-state index is 0.553. The monoisotopic (exact) mass is 200 g/mol. The molecule has 2 rings (SSSR count). The van der Waals surface area contributed by atoms with Crippen LogP contribution in [0.3, 0.4) is 0 Å². The van der Waals surface area contributed by atoms with Crippen molar-refractivity contribution in [2.75, 3.05) is 0 Å². The quantitative estimate of drug-likeness (QED) is 0.540. The number of rotatable bonds is 3. The van der Waals surface area contributed by atoms with Gasteiger partial charge in [-0.3, -0.25) is 4.79 Å². The first kappa shape index (κ1) is 10.2. The molecule has 78 valence electrons. The molecule has 1 aliphatic rings. The second-order valence-electron chi connectivity index (χ2n) is 4.13. The van der Waals surface area contributed by atoms with Crippen molar-refractivity contribution in [3.05, 3.63) is 48.0 Å². The first-order chi connectivity index (χ1) is 7.42. The van der Waals surface area contributed by atoms with Crippen molar-refractivity contribution in [2.24, 2.45) is 5.92 Å². The fraction of sp³-hybridized carbons (Fsp3) is 0.357. The maximum absolute atomic E-state index is 10.3. The molecule has 1 heteroatoms. The van der Waals surface area contributed by atoms with Crippen molar-refractivity contribution < 1.29 is 4.79 Å². The summed E-state index contributed by atoms with van der Waals surface area (Å²) >= 11 is 0. The Hall–Kier alpha value is -1.37. The van der Waals surface area contributed by atoms with Crippen LogP contribution in [0.2, 0.25) is 0 Å². The normalized spacial score (nSPS) is 25.9. The van der Waals surface area contributed by atoms with Crippen molar-refractivity contribution >= 4 is 6.29 Å². The van der Waals surface area contributed by atoms with Gasteiger partial charge >= 0.3 is 0 Å². The number of carbonyl (C=O) groups excluding carboxylic acids is 1. The highest BCUT2D eigenvalue weighted by Crippen LogP contribution is 2.40. The van der Waals surface area contributed by atoms with Crippen LogP contribution in [-0.4, -0.2) is 6.29 Å². The average molecular weight is 200 g/mol. The SMILES string of the molecule is O=C/C=C\[C@@H]1CCC[C@H]1c1ccccc1. The molecule has 0 aliphatic heterocycles. The van der Waals surface area contributed by atoms with Crippen LogP contribution < -0.4 is 0 Å². The smallest absolute Gasteiger partial charge is 0.142 e. The molecule has 15 heavy (non-hydrogen) atoms. The molecule has 0 N–H and O–H groups in total. The van der Waals surface area contributed by atoms with E-state index in [4.69, 9.17) is 0 Å². The van der Waals surface area contributed by atoms with Crippen LogP contribution >= 0.6 is 0 Å². The first-order valence-corrected chi connectivity index (χ1v) is 5.58. The van der Waals surface area contributed by atoms with E-state index in [-0.39, 0.29) is 0 Å². The van der Waals surface area contributed by atoms with Crippen molar-refractivity contribution in [2.45, 2.75) is 25.2 Å². The van der Waals surface area contributed by atoms with Gasteiger partial charge in [-0.25, -0.2) is 0 Å². The second-order valence-corrected chi connectivity index (χ2v) is 4.13. The Kier molecular flexibility index (Phi) is 3.33. The van der Waals surface area contributed by atoms with Gasteiger partial charge in [0.15, 0.2) is 0 Å². The van der Waals surface area contributed by atoms with E-state index < -0.39 is 0 Å². The molecule has 0 amide bonds. The minimum atomic E-state index is 0.553. The van der Waals surface area contributed by atoms with Crippen LogP contribution in [0.5, 0.6) is 0 Å². The van der Waals surface area contributed by atoms with Gasteiger partial charge in [-0.2, -0.15) is 0 Å². The van der Waals surface area contributed by atoms with Gasteiger partial charge in [0.1, 0.15) is 6.29 Å². The summed E-state index contributed by atoms with van der Waals surface area (Å²) in [4.78, 5) is 10.3. The minimum Gasteiger partial charge on any atom is -0.299 e. The summed E-state index contributed by atoms with van der Waals surface area (Å²) in [6.07, 6.45) is 8.32. The van der Waals surface area contributed by atoms with Gasteiger partial charge in [0.05, 0.1) is 0 Å². The molecule has 0 saturated heterocycles. The van der Waals surface area contributed by atoms with Gasteiger partial charge in [-0.1, -0.05) is 42.8 Å². The molecule has 0 aromatic heterocycles. The zero-order valence-electron chi connectivity index (χ0n) is 8.80. The summed E-state index contributed by atoms with van der Waals surface area (Å²) in [6.45, 7) is 0. The van der Waals surface area contributed by atoms with E-state index in [1.807, 2.05) is 0 Å². The van der Waals surface area contributed by atoms with E-state index in [1.165, 1.54) is 24.8 Å². The van der Waals surface area contributed by atoms with Crippen LogP contribution in [0.25, 0.3) is 0 Å². The number of hydrogen-bond acceptors (Lipinski definition) is 1. The molecule has 0 spiro atoms. The van der Waals surface area contributed by atoms with Crippen LogP contribution in [0.15, 0.2) is 42.5 Å². The molecular weight excluding hydrogens is 184 g/mol. The second kappa shape index (κ2) is 4.92. The Morgan fingerprint density at radius 3 is 2.67 bits per heavy atom. The Labute approximate surface area is 90.8 Å². The summed E-state index contributed by atoms with van der Waals surface area (Å²) in [6, 6.07) is 10.6. The molecule has 0 heterocycles. The molecule has 2 atom stereocenters. The highest BCUT2D eigenvalue weighted by molar-refractivity contribution is 5.64. The van der Waals surface area contributed by atoms with E-state index in [0.29, 0.717) is 11.8 Å². The highest BCUT2D eigenvalue weighted by atomic mass is 16.1. The molecule has 1 saturated carbocycles. The van der Waals surface area contributed by atoms with E-state index in [9.17, 15) is 4.79 Å². The van der Waals surface area contributed by atoms with E-state index in [1.54, 1.807) is 6.08 Å². The number of benzene rings is 1. The summed E-state index contributed by atoms with van der Waals surface area (Å²) in [5, 5.41) is 0.